The largest absolute Gasteiger partial charge is 0.381 e. The second-order valence-electron chi connectivity index (χ2n) is 4.85. The van der Waals surface area contributed by atoms with E-state index in [1.807, 2.05) is 11.8 Å². The van der Waals surface area contributed by atoms with Gasteiger partial charge in [-0.1, -0.05) is 6.92 Å². The van der Waals surface area contributed by atoms with Gasteiger partial charge in [0.1, 0.15) is 9.86 Å². The van der Waals surface area contributed by atoms with Gasteiger partial charge in [-0.15, -0.1) is 23.1 Å². The quantitative estimate of drug-likeness (QED) is 0.852. The first-order chi connectivity index (χ1) is 9.86. The number of fused-ring (bicyclic) bond motifs is 1. The summed E-state index contributed by atoms with van der Waals surface area (Å²) in [4.78, 5) is 10.4. The molecule has 0 unspecified atom stereocenters. The Morgan fingerprint density at radius 2 is 2.25 bits per heavy atom. The van der Waals surface area contributed by atoms with Gasteiger partial charge < -0.3 is 10.1 Å². The first-order valence-corrected chi connectivity index (χ1v) is 8.86. The third-order valence-corrected chi connectivity index (χ3v) is 5.42. The van der Waals surface area contributed by atoms with Crippen molar-refractivity contribution in [2.45, 2.75) is 36.5 Å². The summed E-state index contributed by atoms with van der Waals surface area (Å²) in [7, 11) is 0. The Hall–Kier alpha value is -0.850. The van der Waals surface area contributed by atoms with Crippen LogP contribution in [-0.2, 0) is 4.74 Å². The molecule has 0 aliphatic carbocycles. The molecule has 1 aliphatic rings. The number of thiophene rings is 1. The summed E-state index contributed by atoms with van der Waals surface area (Å²) < 4.78 is 5.43. The number of anilines is 1. The number of nitrogens with one attached hydrogen (secondary N) is 1. The summed E-state index contributed by atoms with van der Waals surface area (Å²) >= 11 is 3.56. The smallest absolute Gasteiger partial charge is 0.225 e. The van der Waals surface area contributed by atoms with Crippen LogP contribution in [0.1, 0.15) is 26.2 Å². The lowest BCUT2D eigenvalue weighted by atomic mass is 10.2. The number of aromatic nitrogens is 2. The molecule has 2 aromatic rings. The molecule has 0 spiro atoms. The molecule has 2 aromatic heterocycles. The van der Waals surface area contributed by atoms with E-state index >= 15 is 0 Å². The lowest BCUT2D eigenvalue weighted by Crippen LogP contribution is -2.17. The molecule has 1 saturated heterocycles. The topological polar surface area (TPSA) is 47.0 Å². The Morgan fingerprint density at radius 3 is 3.05 bits per heavy atom. The van der Waals surface area contributed by atoms with Crippen molar-refractivity contribution in [1.82, 2.24) is 9.97 Å². The second-order valence-corrected chi connectivity index (χ2v) is 7.03. The van der Waals surface area contributed by atoms with E-state index in [1.54, 1.807) is 11.3 Å². The van der Waals surface area contributed by atoms with Crippen LogP contribution in [0.3, 0.4) is 0 Å². The Labute approximate surface area is 127 Å². The number of rotatable bonds is 5. The van der Waals surface area contributed by atoms with Crippen molar-refractivity contribution >= 4 is 39.3 Å². The number of ether oxygens (including phenoxy) is 1. The van der Waals surface area contributed by atoms with Crippen molar-refractivity contribution in [3.63, 3.8) is 0 Å². The monoisotopic (exact) mass is 309 g/mol. The fourth-order valence-corrected chi connectivity index (χ4v) is 4.19. The Morgan fingerprint density at radius 1 is 1.40 bits per heavy atom. The van der Waals surface area contributed by atoms with E-state index in [-0.39, 0.29) is 0 Å². The third kappa shape index (κ3) is 3.24. The number of hydrogen-bond donors (Lipinski definition) is 1. The van der Waals surface area contributed by atoms with E-state index in [1.165, 1.54) is 5.39 Å². The first-order valence-electron chi connectivity index (χ1n) is 7.10. The van der Waals surface area contributed by atoms with Gasteiger partial charge in [0.25, 0.3) is 0 Å². The zero-order valence-electron chi connectivity index (χ0n) is 11.6. The average molecular weight is 309 g/mol. The van der Waals surface area contributed by atoms with Crippen molar-refractivity contribution in [2.24, 2.45) is 0 Å². The molecule has 0 saturated carbocycles. The maximum absolute atomic E-state index is 5.43. The molecule has 0 amide bonds. The molecule has 1 fully saturated rings. The Kier molecular flexibility index (Phi) is 4.75. The van der Waals surface area contributed by atoms with E-state index in [9.17, 15) is 0 Å². The van der Waals surface area contributed by atoms with Crippen LogP contribution in [0.15, 0.2) is 16.5 Å². The molecule has 6 heteroatoms. The van der Waals surface area contributed by atoms with E-state index in [0.717, 1.165) is 54.8 Å². The molecule has 4 nitrogen and oxygen atoms in total. The number of hydrogen-bond acceptors (Lipinski definition) is 6. The minimum Gasteiger partial charge on any atom is -0.381 e. The molecular weight excluding hydrogens is 290 g/mol. The molecule has 108 valence electrons. The molecule has 1 aliphatic heterocycles. The number of thioether (sulfide) groups is 1. The van der Waals surface area contributed by atoms with Gasteiger partial charge in [0, 0.05) is 30.4 Å². The van der Waals surface area contributed by atoms with Gasteiger partial charge >= 0.3 is 0 Å². The Balaban J connectivity index is 1.84. The van der Waals surface area contributed by atoms with E-state index in [4.69, 9.17) is 9.72 Å². The van der Waals surface area contributed by atoms with Crippen LogP contribution in [0.4, 0.5) is 5.95 Å². The van der Waals surface area contributed by atoms with Gasteiger partial charge in [-0.05, 0) is 30.7 Å². The van der Waals surface area contributed by atoms with Crippen molar-refractivity contribution in [3.05, 3.63) is 11.4 Å². The maximum Gasteiger partial charge on any atom is 0.225 e. The van der Waals surface area contributed by atoms with Crippen LogP contribution >= 0.6 is 23.1 Å². The third-order valence-electron chi connectivity index (χ3n) is 3.27. The van der Waals surface area contributed by atoms with Crippen LogP contribution in [0.5, 0.6) is 0 Å². The normalized spacial score (nSPS) is 16.6. The van der Waals surface area contributed by atoms with Gasteiger partial charge in [0.2, 0.25) is 5.95 Å². The summed E-state index contributed by atoms with van der Waals surface area (Å²) in [5.74, 6) is 0.761. The van der Waals surface area contributed by atoms with Gasteiger partial charge in [-0.3, -0.25) is 0 Å². The van der Waals surface area contributed by atoms with Crippen LogP contribution < -0.4 is 5.32 Å². The first kappa shape index (κ1) is 14.1. The standard InChI is InChI=1S/C14H19N3OS2/c1-2-6-15-14-16-12-11(5-9-19-12)13(17-14)20-10-3-7-18-8-4-10/h5,9-10H,2-4,6-8H2,1H3,(H,15,16,17). The molecule has 0 aromatic carbocycles. The summed E-state index contributed by atoms with van der Waals surface area (Å²) in [5.41, 5.74) is 0. The van der Waals surface area contributed by atoms with Crippen molar-refractivity contribution in [2.75, 3.05) is 25.1 Å². The minimum absolute atomic E-state index is 0.612. The lowest BCUT2D eigenvalue weighted by Gasteiger charge is -2.21. The predicted octanol–water partition coefficient (Wildman–Crippen LogP) is 3.78. The predicted molar refractivity (Wildman–Crippen MR) is 85.9 cm³/mol. The van der Waals surface area contributed by atoms with E-state index < -0.39 is 0 Å². The second kappa shape index (κ2) is 6.74. The minimum atomic E-state index is 0.612. The summed E-state index contributed by atoms with van der Waals surface area (Å²) in [6.45, 7) is 4.81. The fourth-order valence-electron chi connectivity index (χ4n) is 2.19. The molecule has 3 heterocycles. The Bertz CT molecular complexity index is 567. The van der Waals surface area contributed by atoms with Crippen molar-refractivity contribution in [1.29, 1.82) is 0 Å². The summed E-state index contributed by atoms with van der Waals surface area (Å²) in [6, 6.07) is 2.13. The highest BCUT2D eigenvalue weighted by molar-refractivity contribution is 8.00. The molecule has 20 heavy (non-hydrogen) atoms. The van der Waals surface area contributed by atoms with Crippen LogP contribution in [0, 0.1) is 0 Å². The van der Waals surface area contributed by atoms with E-state index in [2.05, 4.69) is 28.7 Å². The van der Waals surface area contributed by atoms with E-state index in [0.29, 0.717) is 5.25 Å². The zero-order chi connectivity index (χ0) is 13.8. The molecule has 1 N–H and O–H groups in total. The highest BCUT2D eigenvalue weighted by Gasteiger charge is 2.18. The summed E-state index contributed by atoms with van der Waals surface area (Å²) in [5, 5.41) is 8.31. The fraction of sp³-hybridized carbons (Fsp3) is 0.571. The number of nitrogens with zero attached hydrogens (tertiary/aromatic N) is 2. The van der Waals surface area contributed by atoms with Crippen molar-refractivity contribution < 1.29 is 4.74 Å². The van der Waals surface area contributed by atoms with Crippen LogP contribution in [0.25, 0.3) is 10.2 Å². The lowest BCUT2D eigenvalue weighted by molar-refractivity contribution is 0.1000. The summed E-state index contributed by atoms with van der Waals surface area (Å²) in [6.07, 6.45) is 3.30. The molecule has 3 rings (SSSR count). The average Bonchev–Trinajstić information content (AvgIpc) is 2.95. The van der Waals surface area contributed by atoms with Crippen LogP contribution in [0.2, 0.25) is 0 Å². The highest BCUT2D eigenvalue weighted by Crippen LogP contribution is 2.35. The SMILES string of the molecule is CCCNc1nc(SC2CCOCC2)c2ccsc2n1. The van der Waals surface area contributed by atoms with Gasteiger partial charge in [0.05, 0.1) is 0 Å². The molecule has 0 radical (unpaired) electrons. The zero-order valence-corrected chi connectivity index (χ0v) is 13.2. The molecule has 0 atom stereocenters. The maximum atomic E-state index is 5.43. The molecular formula is C14H19N3OS2. The molecule has 0 bridgehead atoms. The van der Waals surface area contributed by atoms with Gasteiger partial charge in [0.15, 0.2) is 0 Å². The van der Waals surface area contributed by atoms with Gasteiger partial charge in [-0.2, -0.15) is 0 Å². The van der Waals surface area contributed by atoms with Crippen LogP contribution in [-0.4, -0.2) is 35.0 Å². The highest BCUT2D eigenvalue weighted by atomic mass is 32.2. The van der Waals surface area contributed by atoms with Crippen molar-refractivity contribution in [3.8, 4) is 0 Å². The van der Waals surface area contributed by atoms with Gasteiger partial charge in [-0.25, -0.2) is 9.97 Å².